The Kier molecular flexibility index (Phi) is 6.66. The Morgan fingerprint density at radius 1 is 1.31 bits per heavy atom. The molecule has 0 saturated heterocycles. The van der Waals surface area contributed by atoms with Crippen molar-refractivity contribution in [2.24, 2.45) is 0 Å². The Balaban J connectivity index is 2.20. The SMILES string of the molecule is CCCCC(=O)Nc1scc2c(C(=O)OCC)nn(-c3cccc(Cl)c3)c(=O)c12. The molecule has 0 aliphatic rings. The van der Waals surface area contributed by atoms with Crippen LogP contribution in [0.15, 0.2) is 34.4 Å². The topological polar surface area (TPSA) is 90.3 Å². The number of nitrogens with zero attached hydrogens (tertiary/aromatic N) is 2. The summed E-state index contributed by atoms with van der Waals surface area (Å²) in [5.74, 6) is -0.825. The van der Waals surface area contributed by atoms with Crippen molar-refractivity contribution in [2.75, 3.05) is 11.9 Å². The lowest BCUT2D eigenvalue weighted by molar-refractivity contribution is -0.116. The highest BCUT2D eigenvalue weighted by molar-refractivity contribution is 7.16. The van der Waals surface area contributed by atoms with E-state index in [0.29, 0.717) is 27.5 Å². The summed E-state index contributed by atoms with van der Waals surface area (Å²) < 4.78 is 6.21. The number of amides is 1. The number of hydrogen-bond donors (Lipinski definition) is 1. The van der Waals surface area contributed by atoms with Crippen molar-refractivity contribution in [1.29, 1.82) is 0 Å². The summed E-state index contributed by atoms with van der Waals surface area (Å²) in [7, 11) is 0. The van der Waals surface area contributed by atoms with Gasteiger partial charge in [0.05, 0.1) is 17.7 Å². The minimum atomic E-state index is -0.644. The van der Waals surface area contributed by atoms with Gasteiger partial charge in [0.15, 0.2) is 5.69 Å². The zero-order chi connectivity index (χ0) is 21.0. The molecular formula is C20H20ClN3O4S. The fourth-order valence-electron chi connectivity index (χ4n) is 2.80. The van der Waals surface area contributed by atoms with E-state index in [2.05, 4.69) is 10.4 Å². The number of anilines is 1. The molecule has 0 bridgehead atoms. The number of halogens is 1. The minimum absolute atomic E-state index is 0.00623. The number of hydrogen-bond acceptors (Lipinski definition) is 6. The number of unbranched alkanes of at least 4 members (excludes halogenated alkanes) is 1. The standard InChI is InChI=1S/C20H20ClN3O4S/c1-3-5-9-15(25)22-18-16-14(11-29-18)17(20(27)28-4-2)23-24(19(16)26)13-8-6-7-12(21)10-13/h6-8,10-11H,3-5,9H2,1-2H3,(H,22,25). The lowest BCUT2D eigenvalue weighted by Gasteiger charge is -2.10. The molecule has 152 valence electrons. The predicted octanol–water partition coefficient (Wildman–Crippen LogP) is 4.41. The molecule has 9 heteroatoms. The molecule has 0 fully saturated rings. The monoisotopic (exact) mass is 433 g/mol. The Hall–Kier alpha value is -2.71. The van der Waals surface area contributed by atoms with Crippen LogP contribution in [0.2, 0.25) is 5.02 Å². The summed E-state index contributed by atoms with van der Waals surface area (Å²) in [5.41, 5.74) is -0.0431. The normalized spacial score (nSPS) is 10.9. The minimum Gasteiger partial charge on any atom is -0.461 e. The maximum Gasteiger partial charge on any atom is 0.359 e. The van der Waals surface area contributed by atoms with Crippen LogP contribution in [0, 0.1) is 0 Å². The number of fused-ring (bicyclic) bond motifs is 1. The van der Waals surface area contributed by atoms with Gasteiger partial charge in [0.1, 0.15) is 5.00 Å². The molecule has 7 nitrogen and oxygen atoms in total. The van der Waals surface area contributed by atoms with E-state index in [-0.39, 0.29) is 23.6 Å². The van der Waals surface area contributed by atoms with E-state index < -0.39 is 11.5 Å². The summed E-state index contributed by atoms with van der Waals surface area (Å²) in [6, 6.07) is 6.58. The predicted molar refractivity (Wildman–Crippen MR) is 114 cm³/mol. The molecule has 0 radical (unpaired) electrons. The first-order valence-electron chi connectivity index (χ1n) is 9.23. The zero-order valence-corrected chi connectivity index (χ0v) is 17.6. The number of benzene rings is 1. The van der Waals surface area contributed by atoms with E-state index in [9.17, 15) is 14.4 Å². The number of rotatable bonds is 7. The van der Waals surface area contributed by atoms with Crippen molar-refractivity contribution in [3.05, 3.63) is 50.7 Å². The average Bonchev–Trinajstić information content (AvgIpc) is 3.11. The largest absolute Gasteiger partial charge is 0.461 e. The van der Waals surface area contributed by atoms with E-state index >= 15 is 0 Å². The van der Waals surface area contributed by atoms with Crippen LogP contribution < -0.4 is 10.9 Å². The van der Waals surface area contributed by atoms with E-state index in [1.165, 1.54) is 11.3 Å². The van der Waals surface area contributed by atoms with Crippen LogP contribution in [0.1, 0.15) is 43.6 Å². The molecule has 3 rings (SSSR count). The first kappa shape index (κ1) is 21.0. The highest BCUT2D eigenvalue weighted by Crippen LogP contribution is 2.31. The summed E-state index contributed by atoms with van der Waals surface area (Å²) in [6.45, 7) is 3.85. The number of nitrogens with one attached hydrogen (secondary N) is 1. The summed E-state index contributed by atoms with van der Waals surface area (Å²) in [4.78, 5) is 37.9. The smallest absolute Gasteiger partial charge is 0.359 e. The van der Waals surface area contributed by atoms with Gasteiger partial charge < -0.3 is 10.1 Å². The summed E-state index contributed by atoms with van der Waals surface area (Å²) in [5, 5.41) is 10.0. The van der Waals surface area contributed by atoms with Crippen molar-refractivity contribution in [3.8, 4) is 5.69 Å². The van der Waals surface area contributed by atoms with Gasteiger partial charge in [0.25, 0.3) is 5.56 Å². The van der Waals surface area contributed by atoms with Crippen LogP contribution >= 0.6 is 22.9 Å². The maximum atomic E-state index is 13.2. The molecule has 1 amide bonds. The highest BCUT2D eigenvalue weighted by Gasteiger charge is 2.23. The van der Waals surface area contributed by atoms with Gasteiger partial charge in [0.2, 0.25) is 5.91 Å². The zero-order valence-electron chi connectivity index (χ0n) is 16.0. The average molecular weight is 434 g/mol. The van der Waals surface area contributed by atoms with Gasteiger partial charge >= 0.3 is 5.97 Å². The van der Waals surface area contributed by atoms with Gasteiger partial charge in [-0.2, -0.15) is 9.78 Å². The first-order valence-corrected chi connectivity index (χ1v) is 10.5. The Morgan fingerprint density at radius 2 is 2.10 bits per heavy atom. The van der Waals surface area contributed by atoms with Gasteiger partial charge in [-0.15, -0.1) is 11.3 Å². The van der Waals surface area contributed by atoms with Crippen LogP contribution in [-0.2, 0) is 9.53 Å². The van der Waals surface area contributed by atoms with Crippen molar-refractivity contribution >= 4 is 50.6 Å². The van der Waals surface area contributed by atoms with Crippen molar-refractivity contribution in [1.82, 2.24) is 9.78 Å². The lowest BCUT2D eigenvalue weighted by atomic mass is 10.2. The molecule has 1 aromatic carbocycles. The molecule has 3 aromatic rings. The highest BCUT2D eigenvalue weighted by atomic mass is 35.5. The third-order valence-corrected chi connectivity index (χ3v) is 5.31. The van der Waals surface area contributed by atoms with Crippen LogP contribution in [-0.4, -0.2) is 28.3 Å². The van der Waals surface area contributed by atoms with Gasteiger partial charge in [-0.05, 0) is 31.5 Å². The molecule has 1 N–H and O–H groups in total. The van der Waals surface area contributed by atoms with Crippen molar-refractivity contribution in [2.45, 2.75) is 33.1 Å². The number of aromatic nitrogens is 2. The van der Waals surface area contributed by atoms with Crippen LogP contribution in [0.5, 0.6) is 0 Å². The molecule has 2 aromatic heterocycles. The fraction of sp³-hybridized carbons (Fsp3) is 0.300. The van der Waals surface area contributed by atoms with Gasteiger partial charge in [-0.3, -0.25) is 9.59 Å². The van der Waals surface area contributed by atoms with Crippen LogP contribution in [0.25, 0.3) is 16.5 Å². The number of carbonyl (C=O) groups is 2. The van der Waals surface area contributed by atoms with Crippen molar-refractivity contribution in [3.63, 3.8) is 0 Å². The number of thiophene rings is 1. The Labute approximate surface area is 176 Å². The van der Waals surface area contributed by atoms with E-state index in [1.807, 2.05) is 6.92 Å². The van der Waals surface area contributed by atoms with Crippen LogP contribution in [0.3, 0.4) is 0 Å². The molecule has 0 atom stereocenters. The second kappa shape index (κ2) is 9.19. The quantitative estimate of drug-likeness (QED) is 0.557. The molecule has 2 heterocycles. The number of carbonyl (C=O) groups excluding carboxylic acids is 2. The van der Waals surface area contributed by atoms with E-state index in [4.69, 9.17) is 16.3 Å². The van der Waals surface area contributed by atoms with Gasteiger partial charge in [-0.1, -0.05) is 31.0 Å². The fourth-order valence-corrected chi connectivity index (χ4v) is 3.94. The number of ether oxygens (including phenoxy) is 1. The first-order chi connectivity index (χ1) is 14.0. The van der Waals surface area contributed by atoms with Gasteiger partial charge in [-0.25, -0.2) is 4.79 Å². The van der Waals surface area contributed by atoms with Crippen molar-refractivity contribution < 1.29 is 14.3 Å². The molecule has 0 saturated carbocycles. The van der Waals surface area contributed by atoms with E-state index in [0.717, 1.165) is 17.5 Å². The maximum absolute atomic E-state index is 13.2. The molecule has 0 aliphatic carbocycles. The molecule has 0 unspecified atom stereocenters. The summed E-state index contributed by atoms with van der Waals surface area (Å²) in [6.07, 6.45) is 1.99. The van der Waals surface area contributed by atoms with E-state index in [1.54, 1.807) is 36.6 Å². The van der Waals surface area contributed by atoms with Crippen LogP contribution in [0.4, 0.5) is 5.00 Å². The third-order valence-electron chi connectivity index (χ3n) is 4.18. The lowest BCUT2D eigenvalue weighted by Crippen LogP contribution is -2.25. The Morgan fingerprint density at radius 3 is 2.79 bits per heavy atom. The molecule has 29 heavy (non-hydrogen) atoms. The molecule has 0 aliphatic heterocycles. The molecular weight excluding hydrogens is 414 g/mol. The summed E-state index contributed by atoms with van der Waals surface area (Å²) >= 11 is 7.23. The third kappa shape index (κ3) is 4.49. The Bertz CT molecular complexity index is 1120. The molecule has 0 spiro atoms. The van der Waals surface area contributed by atoms with Gasteiger partial charge in [0, 0.05) is 22.2 Å². The second-order valence-corrected chi connectivity index (χ2v) is 7.59. The second-order valence-electron chi connectivity index (χ2n) is 6.27. The number of esters is 1.